The van der Waals surface area contributed by atoms with Gasteiger partial charge in [-0.1, -0.05) is 25.1 Å². The van der Waals surface area contributed by atoms with Gasteiger partial charge in [0.25, 0.3) is 5.91 Å². The number of H-pyrrole nitrogens is 1. The van der Waals surface area contributed by atoms with Gasteiger partial charge in [-0.25, -0.2) is 4.99 Å². The number of hydrogen-bond donors (Lipinski definition) is 2. The Bertz CT molecular complexity index is 854. The Hall–Kier alpha value is -2.60. The van der Waals surface area contributed by atoms with E-state index in [1.165, 1.54) is 0 Å². The second-order valence-electron chi connectivity index (χ2n) is 6.85. The maximum atomic E-state index is 12.1. The van der Waals surface area contributed by atoms with E-state index in [4.69, 9.17) is 9.73 Å². The van der Waals surface area contributed by atoms with Gasteiger partial charge >= 0.3 is 0 Å². The van der Waals surface area contributed by atoms with E-state index in [-0.39, 0.29) is 5.91 Å². The van der Waals surface area contributed by atoms with Crippen molar-refractivity contribution in [2.24, 2.45) is 4.99 Å². The van der Waals surface area contributed by atoms with Gasteiger partial charge in [0.1, 0.15) is 5.84 Å². The molecular formula is C21H28N4O2. The number of nitrogens with zero attached hydrogens (tertiary/aromatic N) is 2. The van der Waals surface area contributed by atoms with E-state index in [1.54, 1.807) is 7.11 Å². The fraction of sp³-hybridized carbons (Fsp3) is 0.429. The Morgan fingerprint density at radius 3 is 2.85 bits per heavy atom. The molecule has 6 nitrogen and oxygen atoms in total. The number of amides is 1. The molecule has 0 bridgehead atoms. The van der Waals surface area contributed by atoms with E-state index in [9.17, 15) is 4.79 Å². The van der Waals surface area contributed by atoms with Crippen LogP contribution >= 0.6 is 0 Å². The van der Waals surface area contributed by atoms with Crippen LogP contribution in [0.15, 0.2) is 29.3 Å². The molecule has 27 heavy (non-hydrogen) atoms. The van der Waals surface area contributed by atoms with Crippen LogP contribution in [0.25, 0.3) is 11.3 Å². The third-order valence-corrected chi connectivity index (χ3v) is 4.96. The summed E-state index contributed by atoms with van der Waals surface area (Å²) in [6.07, 6.45) is 1.66. The minimum atomic E-state index is -0.00926. The Kier molecular flexibility index (Phi) is 5.96. The number of aromatic nitrogens is 1. The van der Waals surface area contributed by atoms with Crippen molar-refractivity contribution >= 4 is 17.4 Å². The van der Waals surface area contributed by atoms with E-state index in [2.05, 4.69) is 41.2 Å². The summed E-state index contributed by atoms with van der Waals surface area (Å²) in [4.78, 5) is 22.7. The Labute approximate surface area is 160 Å². The van der Waals surface area contributed by atoms with Crippen LogP contribution in [0.3, 0.4) is 0 Å². The van der Waals surface area contributed by atoms with E-state index >= 15 is 0 Å². The maximum absolute atomic E-state index is 12.1. The topological polar surface area (TPSA) is 69.7 Å². The van der Waals surface area contributed by atoms with Crippen LogP contribution in [0.2, 0.25) is 0 Å². The van der Waals surface area contributed by atoms with E-state index < -0.39 is 0 Å². The smallest absolute Gasteiger partial charge is 0.253 e. The van der Waals surface area contributed by atoms with Crippen molar-refractivity contribution < 1.29 is 9.53 Å². The number of benzene rings is 1. The van der Waals surface area contributed by atoms with Crippen LogP contribution < -0.4 is 5.32 Å². The lowest BCUT2D eigenvalue weighted by atomic mass is 10.0. The summed E-state index contributed by atoms with van der Waals surface area (Å²) in [7, 11) is 3.75. The van der Waals surface area contributed by atoms with Crippen LogP contribution in [0, 0.1) is 6.92 Å². The lowest BCUT2D eigenvalue weighted by Crippen LogP contribution is -2.31. The van der Waals surface area contributed by atoms with Crippen molar-refractivity contribution in [2.75, 3.05) is 33.9 Å². The molecular weight excluding hydrogens is 340 g/mol. The lowest BCUT2D eigenvalue weighted by molar-refractivity contribution is 0.0946. The lowest BCUT2D eigenvalue weighted by Gasteiger charge is -2.21. The minimum Gasteiger partial charge on any atom is -0.383 e. The SMILES string of the molecule is CCC(=Nc1c(C)cccc1-c1cc2c([nH]1)CCNC2=O)N(C)CCOC. The van der Waals surface area contributed by atoms with Crippen molar-refractivity contribution in [1.82, 2.24) is 15.2 Å². The van der Waals surface area contributed by atoms with Gasteiger partial charge in [-0.2, -0.15) is 0 Å². The van der Waals surface area contributed by atoms with E-state index in [1.807, 2.05) is 19.2 Å². The van der Waals surface area contributed by atoms with Gasteiger partial charge in [0, 0.05) is 57.0 Å². The van der Waals surface area contributed by atoms with Crippen LogP contribution in [-0.2, 0) is 11.2 Å². The molecule has 3 rings (SSSR count). The number of methoxy groups -OCH3 is 1. The number of carbonyl (C=O) groups is 1. The predicted molar refractivity (Wildman–Crippen MR) is 109 cm³/mol. The summed E-state index contributed by atoms with van der Waals surface area (Å²) in [5, 5.41) is 2.90. The average Bonchev–Trinajstić information content (AvgIpc) is 3.10. The van der Waals surface area contributed by atoms with Crippen molar-refractivity contribution in [3.63, 3.8) is 0 Å². The third kappa shape index (κ3) is 4.06. The summed E-state index contributed by atoms with van der Waals surface area (Å²) in [5.74, 6) is 1.00. The van der Waals surface area contributed by atoms with Gasteiger partial charge in [0.2, 0.25) is 0 Å². The standard InChI is InChI=1S/C21H28N4O2/c1-5-19(25(3)11-12-27-4)24-20-14(2)7-6-8-15(20)18-13-16-17(23-18)9-10-22-21(16)26/h6-8,13,23H,5,9-12H2,1-4H3,(H,22,26). The van der Waals surface area contributed by atoms with Gasteiger partial charge < -0.3 is 19.9 Å². The summed E-state index contributed by atoms with van der Waals surface area (Å²) in [5.41, 5.74) is 5.74. The van der Waals surface area contributed by atoms with Gasteiger partial charge in [-0.05, 0) is 18.6 Å². The van der Waals surface area contributed by atoms with Crippen LogP contribution in [-0.4, -0.2) is 55.5 Å². The number of hydrogen-bond acceptors (Lipinski definition) is 3. The Morgan fingerprint density at radius 1 is 1.33 bits per heavy atom. The van der Waals surface area contributed by atoms with Crippen molar-refractivity contribution in [3.05, 3.63) is 41.1 Å². The number of para-hydroxylation sites is 1. The molecule has 0 fully saturated rings. The molecule has 144 valence electrons. The highest BCUT2D eigenvalue weighted by Crippen LogP contribution is 2.34. The Morgan fingerprint density at radius 2 is 2.15 bits per heavy atom. The third-order valence-electron chi connectivity index (χ3n) is 4.96. The monoisotopic (exact) mass is 368 g/mol. The fourth-order valence-corrected chi connectivity index (χ4v) is 3.38. The molecule has 1 aromatic heterocycles. The second-order valence-corrected chi connectivity index (χ2v) is 6.85. The number of aryl methyl sites for hydroxylation is 1. The number of fused-ring (bicyclic) bond motifs is 1. The molecule has 0 unspecified atom stereocenters. The second kappa shape index (κ2) is 8.39. The van der Waals surface area contributed by atoms with Crippen LogP contribution in [0.4, 0.5) is 5.69 Å². The largest absolute Gasteiger partial charge is 0.383 e. The van der Waals surface area contributed by atoms with Gasteiger partial charge in [0.15, 0.2) is 0 Å². The zero-order chi connectivity index (χ0) is 19.4. The zero-order valence-electron chi connectivity index (χ0n) is 16.6. The van der Waals surface area contributed by atoms with Crippen molar-refractivity contribution in [2.45, 2.75) is 26.7 Å². The normalized spacial score (nSPS) is 14.1. The summed E-state index contributed by atoms with van der Waals surface area (Å²) in [6, 6.07) is 8.10. The highest BCUT2D eigenvalue weighted by molar-refractivity contribution is 5.98. The molecule has 0 spiro atoms. The number of amidine groups is 1. The molecule has 0 saturated heterocycles. The number of aromatic amines is 1. The predicted octanol–water partition coefficient (Wildman–Crippen LogP) is 3.29. The summed E-state index contributed by atoms with van der Waals surface area (Å²) < 4.78 is 5.19. The van der Waals surface area contributed by atoms with Gasteiger partial charge in [-0.15, -0.1) is 0 Å². The number of carbonyl (C=O) groups excluding carboxylic acids is 1. The van der Waals surface area contributed by atoms with Gasteiger partial charge in [0.05, 0.1) is 17.9 Å². The molecule has 1 aliphatic rings. The number of rotatable bonds is 6. The van der Waals surface area contributed by atoms with E-state index in [0.29, 0.717) is 13.2 Å². The van der Waals surface area contributed by atoms with Crippen LogP contribution in [0.5, 0.6) is 0 Å². The molecule has 1 aromatic carbocycles. The van der Waals surface area contributed by atoms with E-state index in [0.717, 1.165) is 59.0 Å². The summed E-state index contributed by atoms with van der Waals surface area (Å²) >= 11 is 0. The maximum Gasteiger partial charge on any atom is 0.253 e. The molecule has 1 aliphatic heterocycles. The van der Waals surface area contributed by atoms with Crippen molar-refractivity contribution in [3.8, 4) is 11.3 Å². The highest BCUT2D eigenvalue weighted by Gasteiger charge is 2.21. The summed E-state index contributed by atoms with van der Waals surface area (Å²) in [6.45, 7) is 6.31. The first kappa shape index (κ1) is 19.2. The Balaban J connectivity index is 2.03. The fourth-order valence-electron chi connectivity index (χ4n) is 3.38. The molecule has 2 N–H and O–H groups in total. The average molecular weight is 368 g/mol. The first-order valence-electron chi connectivity index (χ1n) is 9.42. The number of aliphatic imine (C=N–C) groups is 1. The number of nitrogens with one attached hydrogen (secondary N) is 2. The number of ether oxygens (including phenoxy) is 1. The molecule has 2 heterocycles. The molecule has 0 atom stereocenters. The first-order valence-corrected chi connectivity index (χ1v) is 9.42. The first-order chi connectivity index (χ1) is 13.0. The van der Waals surface area contributed by atoms with Crippen LogP contribution in [0.1, 0.15) is 35.0 Å². The molecule has 6 heteroatoms. The molecule has 0 saturated carbocycles. The number of likely N-dealkylation sites (N-methyl/N-ethyl adjacent to an activating group) is 1. The van der Waals surface area contributed by atoms with Gasteiger partial charge in [-0.3, -0.25) is 4.79 Å². The highest BCUT2D eigenvalue weighted by atomic mass is 16.5. The quantitative estimate of drug-likeness (QED) is 0.607. The molecule has 1 amide bonds. The zero-order valence-corrected chi connectivity index (χ0v) is 16.6. The molecule has 0 aliphatic carbocycles. The molecule has 0 radical (unpaired) electrons. The van der Waals surface area contributed by atoms with Crippen molar-refractivity contribution in [1.29, 1.82) is 0 Å². The minimum absolute atomic E-state index is 0.00926. The molecule has 2 aromatic rings.